The van der Waals surface area contributed by atoms with E-state index in [0.717, 1.165) is 17.5 Å². The van der Waals surface area contributed by atoms with Crippen LogP contribution in [-0.2, 0) is 6.42 Å². The molecule has 0 aliphatic rings. The van der Waals surface area contributed by atoms with E-state index in [1.54, 1.807) is 32.7 Å². The molecule has 20 heavy (non-hydrogen) atoms. The summed E-state index contributed by atoms with van der Waals surface area (Å²) >= 11 is 0. The molecule has 106 valence electrons. The quantitative estimate of drug-likeness (QED) is 0.910. The predicted molar refractivity (Wildman–Crippen MR) is 77.2 cm³/mol. The standard InChI is InChI=1S/C16H19NO3/c1-4-11-10-17-8-7-13(11)16(18)14-6-5-12(19-2)9-15(14)20-3/h5-10,16,18H,4H2,1-3H3. The molecule has 0 fully saturated rings. The third kappa shape index (κ3) is 2.75. The van der Waals surface area contributed by atoms with Gasteiger partial charge in [0.1, 0.15) is 17.6 Å². The highest BCUT2D eigenvalue weighted by Crippen LogP contribution is 2.34. The molecule has 2 rings (SSSR count). The van der Waals surface area contributed by atoms with Gasteiger partial charge in [-0.2, -0.15) is 0 Å². The number of hydrogen-bond donors (Lipinski definition) is 1. The van der Waals surface area contributed by atoms with Gasteiger partial charge in [-0.15, -0.1) is 0 Å². The van der Waals surface area contributed by atoms with Crippen molar-refractivity contribution in [3.63, 3.8) is 0 Å². The molecule has 4 heteroatoms. The lowest BCUT2D eigenvalue weighted by molar-refractivity contribution is 0.213. The van der Waals surface area contributed by atoms with Crippen LogP contribution in [0.25, 0.3) is 0 Å². The van der Waals surface area contributed by atoms with Crippen LogP contribution in [0, 0.1) is 0 Å². The number of methoxy groups -OCH3 is 2. The Balaban J connectivity index is 2.45. The van der Waals surface area contributed by atoms with Crippen LogP contribution in [0.3, 0.4) is 0 Å². The first-order chi connectivity index (χ1) is 9.71. The molecule has 1 atom stereocenters. The Labute approximate surface area is 119 Å². The zero-order valence-corrected chi connectivity index (χ0v) is 12.0. The number of ether oxygens (including phenoxy) is 2. The van der Waals surface area contributed by atoms with Crippen molar-refractivity contribution in [2.24, 2.45) is 0 Å². The van der Waals surface area contributed by atoms with Crippen LogP contribution in [0.2, 0.25) is 0 Å². The van der Waals surface area contributed by atoms with Gasteiger partial charge in [0.05, 0.1) is 14.2 Å². The van der Waals surface area contributed by atoms with Crippen LogP contribution in [0.1, 0.15) is 29.7 Å². The summed E-state index contributed by atoms with van der Waals surface area (Å²) in [6.45, 7) is 2.04. The molecule has 0 radical (unpaired) electrons. The van der Waals surface area contributed by atoms with E-state index in [9.17, 15) is 5.11 Å². The van der Waals surface area contributed by atoms with E-state index >= 15 is 0 Å². The number of aliphatic hydroxyl groups is 1. The van der Waals surface area contributed by atoms with E-state index in [0.29, 0.717) is 17.1 Å². The predicted octanol–water partition coefficient (Wildman–Crippen LogP) is 2.74. The molecule has 0 amide bonds. The summed E-state index contributed by atoms with van der Waals surface area (Å²) < 4.78 is 10.5. The minimum atomic E-state index is -0.742. The van der Waals surface area contributed by atoms with Gasteiger partial charge in [0, 0.05) is 24.0 Å². The minimum Gasteiger partial charge on any atom is -0.497 e. The maximum atomic E-state index is 10.6. The van der Waals surface area contributed by atoms with Crippen molar-refractivity contribution in [1.82, 2.24) is 4.98 Å². The number of pyridine rings is 1. The van der Waals surface area contributed by atoms with Crippen molar-refractivity contribution in [2.45, 2.75) is 19.4 Å². The molecule has 4 nitrogen and oxygen atoms in total. The fourth-order valence-corrected chi connectivity index (χ4v) is 2.21. The molecule has 2 aromatic rings. The van der Waals surface area contributed by atoms with Crippen molar-refractivity contribution < 1.29 is 14.6 Å². The molecule has 0 aliphatic heterocycles. The normalized spacial score (nSPS) is 12.0. The first-order valence-electron chi connectivity index (χ1n) is 6.54. The smallest absolute Gasteiger partial charge is 0.128 e. The summed E-state index contributed by atoms with van der Waals surface area (Å²) in [4.78, 5) is 4.10. The lowest BCUT2D eigenvalue weighted by atomic mass is 9.96. The summed E-state index contributed by atoms with van der Waals surface area (Å²) in [5.41, 5.74) is 2.60. The van der Waals surface area contributed by atoms with Gasteiger partial charge in [-0.3, -0.25) is 4.98 Å². The molecule has 0 aliphatic carbocycles. The van der Waals surface area contributed by atoms with E-state index in [1.807, 2.05) is 25.1 Å². The number of hydrogen-bond acceptors (Lipinski definition) is 4. The Kier molecular flexibility index (Phi) is 4.58. The molecule has 0 bridgehead atoms. The summed E-state index contributed by atoms with van der Waals surface area (Å²) in [6, 6.07) is 7.24. The molecule has 1 aromatic carbocycles. The van der Waals surface area contributed by atoms with Gasteiger partial charge in [0.2, 0.25) is 0 Å². The summed E-state index contributed by atoms with van der Waals surface area (Å²) in [6.07, 6.45) is 3.55. The topological polar surface area (TPSA) is 51.6 Å². The molecule has 1 unspecified atom stereocenters. The van der Waals surface area contributed by atoms with Crippen LogP contribution in [-0.4, -0.2) is 24.3 Å². The molecule has 1 aromatic heterocycles. The van der Waals surface area contributed by atoms with E-state index in [-0.39, 0.29) is 0 Å². The molecule has 0 spiro atoms. The Morgan fingerprint density at radius 3 is 2.60 bits per heavy atom. The average molecular weight is 273 g/mol. The van der Waals surface area contributed by atoms with E-state index < -0.39 is 6.10 Å². The third-order valence-electron chi connectivity index (χ3n) is 3.35. The highest BCUT2D eigenvalue weighted by atomic mass is 16.5. The van der Waals surface area contributed by atoms with Crippen LogP contribution >= 0.6 is 0 Å². The first-order valence-corrected chi connectivity index (χ1v) is 6.54. The first kappa shape index (κ1) is 14.3. The molecular formula is C16H19NO3. The Morgan fingerprint density at radius 1 is 1.15 bits per heavy atom. The summed E-state index contributed by atoms with van der Waals surface area (Å²) in [5.74, 6) is 1.30. The van der Waals surface area contributed by atoms with Crippen molar-refractivity contribution in [3.05, 3.63) is 53.3 Å². The van der Waals surface area contributed by atoms with Gasteiger partial charge < -0.3 is 14.6 Å². The van der Waals surface area contributed by atoms with Gasteiger partial charge in [0.15, 0.2) is 0 Å². The fraction of sp³-hybridized carbons (Fsp3) is 0.312. The maximum Gasteiger partial charge on any atom is 0.128 e. The van der Waals surface area contributed by atoms with Gasteiger partial charge in [-0.25, -0.2) is 0 Å². The molecule has 1 heterocycles. The lowest BCUT2D eigenvalue weighted by Crippen LogP contribution is -2.06. The zero-order chi connectivity index (χ0) is 14.5. The van der Waals surface area contributed by atoms with Crippen molar-refractivity contribution in [3.8, 4) is 11.5 Å². The number of aliphatic hydroxyl groups excluding tert-OH is 1. The van der Waals surface area contributed by atoms with Crippen LogP contribution in [0.15, 0.2) is 36.7 Å². The molecular weight excluding hydrogens is 254 g/mol. The zero-order valence-electron chi connectivity index (χ0n) is 12.0. The van der Waals surface area contributed by atoms with Crippen LogP contribution in [0.4, 0.5) is 0 Å². The minimum absolute atomic E-state index is 0.607. The fourth-order valence-electron chi connectivity index (χ4n) is 2.21. The molecule has 0 saturated carbocycles. The van der Waals surface area contributed by atoms with Gasteiger partial charge in [-0.1, -0.05) is 6.92 Å². The monoisotopic (exact) mass is 273 g/mol. The maximum absolute atomic E-state index is 10.6. The highest BCUT2D eigenvalue weighted by molar-refractivity contribution is 5.46. The number of benzene rings is 1. The van der Waals surface area contributed by atoms with E-state index in [4.69, 9.17) is 9.47 Å². The second-order valence-electron chi connectivity index (χ2n) is 4.44. The third-order valence-corrected chi connectivity index (χ3v) is 3.35. The lowest BCUT2D eigenvalue weighted by Gasteiger charge is -2.18. The van der Waals surface area contributed by atoms with E-state index in [1.165, 1.54) is 0 Å². The Hall–Kier alpha value is -2.07. The number of aromatic nitrogens is 1. The largest absolute Gasteiger partial charge is 0.497 e. The SMILES string of the molecule is CCc1cnccc1C(O)c1ccc(OC)cc1OC. The summed E-state index contributed by atoms with van der Waals surface area (Å²) in [7, 11) is 3.18. The van der Waals surface area contributed by atoms with Crippen LogP contribution in [0.5, 0.6) is 11.5 Å². The Bertz CT molecular complexity index is 584. The van der Waals surface area contributed by atoms with Gasteiger partial charge in [-0.05, 0) is 35.7 Å². The van der Waals surface area contributed by atoms with Crippen molar-refractivity contribution in [2.75, 3.05) is 14.2 Å². The van der Waals surface area contributed by atoms with Crippen molar-refractivity contribution in [1.29, 1.82) is 0 Å². The van der Waals surface area contributed by atoms with Crippen LogP contribution < -0.4 is 9.47 Å². The summed E-state index contributed by atoms with van der Waals surface area (Å²) in [5, 5.41) is 10.6. The number of aryl methyl sites for hydroxylation is 1. The Morgan fingerprint density at radius 2 is 1.95 bits per heavy atom. The van der Waals surface area contributed by atoms with E-state index in [2.05, 4.69) is 4.98 Å². The highest BCUT2D eigenvalue weighted by Gasteiger charge is 2.18. The van der Waals surface area contributed by atoms with Gasteiger partial charge >= 0.3 is 0 Å². The number of nitrogens with zero attached hydrogens (tertiary/aromatic N) is 1. The molecule has 0 saturated heterocycles. The van der Waals surface area contributed by atoms with Gasteiger partial charge in [0.25, 0.3) is 0 Å². The van der Waals surface area contributed by atoms with Crippen molar-refractivity contribution >= 4 is 0 Å². The second kappa shape index (κ2) is 6.39. The number of rotatable bonds is 5. The molecule has 1 N–H and O–H groups in total. The second-order valence-corrected chi connectivity index (χ2v) is 4.44. The average Bonchev–Trinajstić information content (AvgIpc) is 2.53.